The number of imidazole rings is 1. The third-order valence-corrected chi connectivity index (χ3v) is 7.28. The summed E-state index contributed by atoms with van der Waals surface area (Å²) in [6, 6.07) is -1.13. The molecule has 2 aromatic heterocycles. The van der Waals surface area contributed by atoms with Crippen molar-refractivity contribution < 1.29 is 52.0 Å². The molecule has 224 valence electrons. The summed E-state index contributed by atoms with van der Waals surface area (Å²) in [6.45, 7) is 5.54. The number of halogens is 1. The fraction of sp³-hybridized carbons (Fsp3) is 0.682. The van der Waals surface area contributed by atoms with E-state index < -0.39 is 69.6 Å². The lowest BCUT2D eigenvalue weighted by Crippen LogP contribution is -2.39. The summed E-state index contributed by atoms with van der Waals surface area (Å²) < 4.78 is 54.9. The first-order chi connectivity index (χ1) is 18.9. The highest BCUT2D eigenvalue weighted by molar-refractivity contribution is 7.51. The highest BCUT2D eigenvalue weighted by Crippen LogP contribution is 2.46. The van der Waals surface area contributed by atoms with Crippen molar-refractivity contribution in [2.45, 2.75) is 64.7 Å². The molecular formula is C22H34FN6O10P. The van der Waals surface area contributed by atoms with E-state index in [1.54, 1.807) is 13.8 Å². The summed E-state index contributed by atoms with van der Waals surface area (Å²) in [5.74, 6) is -1.83. The molecule has 0 aliphatic carbocycles. The summed E-state index contributed by atoms with van der Waals surface area (Å²) >= 11 is 0. The molecule has 0 bridgehead atoms. The van der Waals surface area contributed by atoms with Gasteiger partial charge in [0.15, 0.2) is 29.8 Å². The topological polar surface area (TPSA) is 219 Å². The van der Waals surface area contributed by atoms with E-state index in [-0.39, 0.29) is 42.5 Å². The van der Waals surface area contributed by atoms with Crippen LogP contribution in [0.3, 0.4) is 0 Å². The zero-order valence-electron chi connectivity index (χ0n) is 22.4. The lowest BCUT2D eigenvalue weighted by atomic mass is 10.1. The van der Waals surface area contributed by atoms with Gasteiger partial charge in [-0.25, -0.2) is 19.4 Å². The number of nitrogens with one attached hydrogen (secondary N) is 1. The predicted molar refractivity (Wildman–Crippen MR) is 135 cm³/mol. The Hall–Kier alpha value is -2.79. The number of ether oxygens (including phenoxy) is 3. The maximum Gasteiger partial charge on any atom is 0.406 e. The average Bonchev–Trinajstić information content (AvgIpc) is 3.42. The Kier molecular flexibility index (Phi) is 10.9. The number of nitrogens with two attached hydrogens (primary N) is 1. The lowest BCUT2D eigenvalue weighted by Gasteiger charge is -2.26. The molecule has 1 saturated heterocycles. The maximum absolute atomic E-state index is 13.8. The van der Waals surface area contributed by atoms with E-state index in [0.29, 0.717) is 0 Å². The average molecular weight is 593 g/mol. The smallest absolute Gasteiger partial charge is 0.406 e. The van der Waals surface area contributed by atoms with Crippen molar-refractivity contribution in [1.29, 1.82) is 0 Å². The van der Waals surface area contributed by atoms with Gasteiger partial charge < -0.3 is 30.2 Å². The second-order valence-corrected chi connectivity index (χ2v) is 11.0. The van der Waals surface area contributed by atoms with Gasteiger partial charge in [-0.2, -0.15) is 14.4 Å². The van der Waals surface area contributed by atoms with Gasteiger partial charge in [0.2, 0.25) is 0 Å². The van der Waals surface area contributed by atoms with Gasteiger partial charge in [0.05, 0.1) is 26.1 Å². The highest BCUT2D eigenvalue weighted by atomic mass is 31.2. The summed E-state index contributed by atoms with van der Waals surface area (Å²) in [4.78, 5) is 35.4. The largest absolute Gasteiger partial charge is 0.465 e. The Balaban J connectivity index is 1.79. The minimum absolute atomic E-state index is 0.0380. The van der Waals surface area contributed by atoms with Crippen LogP contribution in [-0.4, -0.2) is 92.5 Å². The zero-order valence-corrected chi connectivity index (χ0v) is 23.3. The number of carbonyl (C=O) groups excluding carboxylic acids is 2. The number of hydrogen-bond donors (Lipinski definition) is 4. The van der Waals surface area contributed by atoms with Crippen LogP contribution in [0.5, 0.6) is 0 Å². The van der Waals surface area contributed by atoms with E-state index in [1.165, 1.54) is 6.33 Å². The van der Waals surface area contributed by atoms with E-state index in [9.17, 15) is 28.8 Å². The van der Waals surface area contributed by atoms with Gasteiger partial charge in [-0.1, -0.05) is 13.8 Å². The van der Waals surface area contributed by atoms with Crippen molar-refractivity contribution in [3.05, 3.63) is 12.4 Å². The first-order valence-corrected chi connectivity index (χ1v) is 14.1. The Bertz CT molecular complexity index is 1230. The number of nitrogen functional groups attached to an aromatic ring is 1. The van der Waals surface area contributed by atoms with Gasteiger partial charge in [0, 0.05) is 0 Å². The van der Waals surface area contributed by atoms with Crippen LogP contribution in [0.25, 0.3) is 11.2 Å². The molecule has 0 radical (unpaired) electrons. The Morgan fingerprint density at radius 2 is 1.90 bits per heavy atom. The number of rotatable bonds is 14. The molecule has 16 nitrogen and oxygen atoms in total. The van der Waals surface area contributed by atoms with E-state index in [4.69, 9.17) is 29.0 Å². The van der Waals surface area contributed by atoms with Crippen LogP contribution in [0.1, 0.15) is 40.3 Å². The molecule has 0 saturated carbocycles. The van der Waals surface area contributed by atoms with Crippen LogP contribution in [0.2, 0.25) is 0 Å². The molecule has 0 spiro atoms. The van der Waals surface area contributed by atoms with Gasteiger partial charge in [-0.3, -0.25) is 18.4 Å². The third-order valence-electron chi connectivity index (χ3n) is 5.69. The number of hydrogen-bond acceptors (Lipinski definition) is 14. The van der Waals surface area contributed by atoms with Gasteiger partial charge in [0.25, 0.3) is 0 Å². The second-order valence-electron chi connectivity index (χ2n) is 9.18. The van der Waals surface area contributed by atoms with E-state index in [0.717, 1.165) is 4.57 Å². The molecular weight excluding hydrogens is 558 g/mol. The van der Waals surface area contributed by atoms with Crippen molar-refractivity contribution in [3.8, 4) is 0 Å². The van der Waals surface area contributed by atoms with E-state index in [1.807, 2.05) is 13.8 Å². The minimum Gasteiger partial charge on any atom is -0.465 e. The van der Waals surface area contributed by atoms with Crippen molar-refractivity contribution >= 4 is 36.7 Å². The summed E-state index contributed by atoms with van der Waals surface area (Å²) in [7, 11) is -4.45. The second kappa shape index (κ2) is 13.7. The summed E-state index contributed by atoms with van der Waals surface area (Å²) in [5, 5.41) is 23.8. The fourth-order valence-corrected chi connectivity index (χ4v) is 5.36. The molecule has 1 aliphatic heterocycles. The van der Waals surface area contributed by atoms with Crippen molar-refractivity contribution in [2.24, 2.45) is 5.92 Å². The predicted octanol–water partition coefficient (Wildman–Crippen LogP) is 0.439. The van der Waals surface area contributed by atoms with Gasteiger partial charge in [-0.15, -0.1) is 0 Å². The quantitative estimate of drug-likeness (QED) is 0.133. The van der Waals surface area contributed by atoms with Crippen molar-refractivity contribution in [2.75, 3.05) is 32.2 Å². The molecule has 2 aromatic rings. The highest BCUT2D eigenvalue weighted by Gasteiger charge is 2.46. The SMILES string of the molecule is CCOC(=O)COP(=O)(NC(CC(C)C)C(=O)OCC)OCC1OC(n2cnc3c(N)nc(F)nc32)C(O)C1O. The maximum atomic E-state index is 13.8. The minimum atomic E-state index is -4.45. The number of anilines is 1. The molecule has 6 atom stereocenters. The van der Waals surface area contributed by atoms with Gasteiger partial charge in [0.1, 0.15) is 24.4 Å². The molecule has 1 fully saturated rings. The molecule has 3 heterocycles. The van der Waals surface area contributed by atoms with Crippen LogP contribution >= 0.6 is 7.75 Å². The van der Waals surface area contributed by atoms with Crippen LogP contribution in [-0.2, 0) is 37.4 Å². The van der Waals surface area contributed by atoms with Crippen LogP contribution in [0.4, 0.5) is 10.2 Å². The summed E-state index contributed by atoms with van der Waals surface area (Å²) in [5.41, 5.74) is 5.62. The molecule has 0 amide bonds. The van der Waals surface area contributed by atoms with E-state index >= 15 is 0 Å². The Labute approximate surface area is 228 Å². The van der Waals surface area contributed by atoms with Crippen molar-refractivity contribution in [3.63, 3.8) is 0 Å². The number of fused-ring (bicyclic) bond motifs is 1. The van der Waals surface area contributed by atoms with Crippen molar-refractivity contribution in [1.82, 2.24) is 24.6 Å². The molecule has 5 N–H and O–H groups in total. The number of aliphatic hydroxyl groups excluding tert-OH is 2. The van der Waals surface area contributed by atoms with Crippen LogP contribution in [0.15, 0.2) is 6.33 Å². The Morgan fingerprint density at radius 1 is 1.20 bits per heavy atom. The number of carbonyl (C=O) groups is 2. The van der Waals surface area contributed by atoms with Gasteiger partial charge >= 0.3 is 25.8 Å². The lowest BCUT2D eigenvalue weighted by molar-refractivity contribution is -0.145. The molecule has 18 heteroatoms. The number of nitrogens with zero attached hydrogens (tertiary/aromatic N) is 4. The number of esters is 2. The normalized spacial score (nSPS) is 23.3. The standard InChI is InChI=1S/C22H34FN6O10P/c1-5-35-14(30)9-38-40(34,28-12(7-11(3)4)21(33)36-6-2)37-8-13-16(31)17(32)20(39-13)29-10-25-15-18(24)26-22(23)27-19(15)29/h10-13,16-17,20,31-32H,5-9H2,1-4H3,(H,28,34)(H2,24,26,27). The van der Waals surface area contributed by atoms with Crippen LogP contribution in [0, 0.1) is 12.0 Å². The molecule has 40 heavy (non-hydrogen) atoms. The zero-order chi connectivity index (χ0) is 29.6. The first-order valence-electron chi connectivity index (χ1n) is 12.5. The van der Waals surface area contributed by atoms with Gasteiger partial charge in [-0.05, 0) is 26.2 Å². The van der Waals surface area contributed by atoms with Crippen LogP contribution < -0.4 is 10.8 Å². The molecule has 0 aromatic carbocycles. The molecule has 1 aliphatic rings. The third kappa shape index (κ3) is 7.69. The first kappa shape index (κ1) is 31.7. The Morgan fingerprint density at radius 3 is 2.55 bits per heavy atom. The van der Waals surface area contributed by atoms with E-state index in [2.05, 4.69) is 20.0 Å². The molecule has 3 rings (SSSR count). The monoisotopic (exact) mass is 592 g/mol. The number of aromatic nitrogens is 4. The fourth-order valence-electron chi connectivity index (χ4n) is 3.92. The molecule has 6 unspecified atom stereocenters. The number of aliphatic hydroxyl groups is 2. The summed E-state index contributed by atoms with van der Waals surface area (Å²) in [6.07, 6.45) is -5.55.